The first-order chi connectivity index (χ1) is 10.3. The van der Waals surface area contributed by atoms with E-state index in [0.29, 0.717) is 11.7 Å². The second kappa shape index (κ2) is 7.33. The molecule has 112 valence electrons. The molecule has 0 amide bonds. The zero-order valence-electron chi connectivity index (χ0n) is 12.4. The number of rotatable bonds is 7. The maximum absolute atomic E-state index is 5.28. The van der Waals surface area contributed by atoms with Gasteiger partial charge in [0.15, 0.2) is 17.2 Å². The summed E-state index contributed by atoms with van der Waals surface area (Å²) in [6.45, 7) is 0.724. The van der Waals surface area contributed by atoms with E-state index in [-0.39, 0.29) is 0 Å². The topological polar surface area (TPSA) is 65.5 Å². The third kappa shape index (κ3) is 3.98. The van der Waals surface area contributed by atoms with E-state index >= 15 is 0 Å². The molecule has 6 heteroatoms. The van der Waals surface area contributed by atoms with Gasteiger partial charge in [0.2, 0.25) is 5.95 Å². The third-order valence-corrected chi connectivity index (χ3v) is 3.01. The van der Waals surface area contributed by atoms with Crippen molar-refractivity contribution in [2.24, 2.45) is 0 Å². The van der Waals surface area contributed by atoms with Crippen molar-refractivity contribution in [3.05, 3.63) is 36.2 Å². The largest absolute Gasteiger partial charge is 0.494 e. The van der Waals surface area contributed by atoms with Crippen molar-refractivity contribution in [2.45, 2.75) is 6.42 Å². The van der Waals surface area contributed by atoms with Crippen LogP contribution in [0.4, 0.5) is 5.95 Å². The molecule has 0 fully saturated rings. The summed E-state index contributed by atoms with van der Waals surface area (Å²) < 4.78 is 15.5. The molecular weight excluding hydrogens is 270 g/mol. The van der Waals surface area contributed by atoms with Crippen molar-refractivity contribution < 1.29 is 14.2 Å². The van der Waals surface area contributed by atoms with Crippen molar-refractivity contribution in [3.8, 4) is 17.2 Å². The number of ether oxygens (including phenoxy) is 3. The number of hydrogen-bond acceptors (Lipinski definition) is 6. The van der Waals surface area contributed by atoms with Crippen molar-refractivity contribution in [2.75, 3.05) is 33.2 Å². The number of aromatic nitrogens is 2. The molecule has 2 aromatic rings. The maximum Gasteiger partial charge on any atom is 0.222 e. The summed E-state index contributed by atoms with van der Waals surface area (Å²) in [5, 5.41) is 3.16. The molecule has 1 N–H and O–H groups in total. The molecule has 1 aromatic carbocycles. The molecule has 0 saturated heterocycles. The smallest absolute Gasteiger partial charge is 0.222 e. The zero-order valence-corrected chi connectivity index (χ0v) is 12.4. The fourth-order valence-electron chi connectivity index (χ4n) is 1.87. The highest BCUT2D eigenvalue weighted by atomic mass is 16.5. The lowest BCUT2D eigenvalue weighted by Crippen LogP contribution is -2.08. The van der Waals surface area contributed by atoms with Crippen molar-refractivity contribution in [1.29, 1.82) is 0 Å². The molecule has 0 bridgehead atoms. The van der Waals surface area contributed by atoms with Crippen LogP contribution in [0.1, 0.15) is 5.56 Å². The molecule has 1 heterocycles. The summed E-state index contributed by atoms with van der Waals surface area (Å²) in [5.74, 6) is 2.68. The average Bonchev–Trinajstić information content (AvgIpc) is 2.55. The summed E-state index contributed by atoms with van der Waals surface area (Å²) in [4.78, 5) is 8.30. The number of hydrogen-bond donors (Lipinski definition) is 1. The van der Waals surface area contributed by atoms with Crippen LogP contribution >= 0.6 is 0 Å². The van der Waals surface area contributed by atoms with Crippen molar-refractivity contribution >= 4 is 5.95 Å². The number of methoxy groups -OCH3 is 3. The predicted octanol–water partition coefficient (Wildman–Crippen LogP) is 2.16. The molecule has 0 aliphatic heterocycles. The Bertz CT molecular complexity index is 573. The minimum Gasteiger partial charge on any atom is -0.494 e. The highest BCUT2D eigenvalue weighted by Gasteiger charge is 2.04. The number of benzene rings is 1. The molecule has 0 aliphatic rings. The minimum atomic E-state index is 0.580. The highest BCUT2D eigenvalue weighted by Crippen LogP contribution is 2.27. The van der Waals surface area contributed by atoms with Crippen molar-refractivity contribution in [1.82, 2.24) is 9.97 Å². The van der Waals surface area contributed by atoms with Gasteiger partial charge in [-0.25, -0.2) is 9.97 Å². The minimum absolute atomic E-state index is 0.580. The standard InChI is InChI=1S/C15H19N3O3/c1-19-12-9-17-15(18-10-12)16-7-6-11-4-5-13(20-2)14(8-11)21-3/h4-5,8-10H,6-7H2,1-3H3,(H,16,17,18). The lowest BCUT2D eigenvalue weighted by molar-refractivity contribution is 0.354. The fraction of sp³-hybridized carbons (Fsp3) is 0.333. The number of anilines is 1. The van der Waals surface area contributed by atoms with Gasteiger partial charge in [-0.05, 0) is 24.1 Å². The van der Waals surface area contributed by atoms with E-state index in [0.717, 1.165) is 30.0 Å². The normalized spacial score (nSPS) is 10.0. The van der Waals surface area contributed by atoms with E-state index in [9.17, 15) is 0 Å². The molecular formula is C15H19N3O3. The molecule has 6 nitrogen and oxygen atoms in total. The van der Waals surface area contributed by atoms with Crippen LogP contribution in [0.25, 0.3) is 0 Å². The molecule has 0 unspecified atom stereocenters. The van der Waals surface area contributed by atoms with Gasteiger partial charge in [0.05, 0.1) is 33.7 Å². The second-order valence-electron chi connectivity index (χ2n) is 4.31. The van der Waals surface area contributed by atoms with Crippen LogP contribution in [-0.2, 0) is 6.42 Å². The van der Waals surface area contributed by atoms with Crippen LogP contribution in [0.2, 0.25) is 0 Å². The van der Waals surface area contributed by atoms with Crippen LogP contribution in [0.5, 0.6) is 17.2 Å². The first-order valence-electron chi connectivity index (χ1n) is 6.57. The van der Waals surface area contributed by atoms with E-state index < -0.39 is 0 Å². The van der Waals surface area contributed by atoms with E-state index in [1.807, 2.05) is 18.2 Å². The Balaban J connectivity index is 1.90. The SMILES string of the molecule is COc1cnc(NCCc2ccc(OC)c(OC)c2)nc1. The van der Waals surface area contributed by atoms with Gasteiger partial charge in [-0.3, -0.25) is 0 Å². The van der Waals surface area contributed by atoms with Gasteiger partial charge >= 0.3 is 0 Å². The van der Waals surface area contributed by atoms with E-state index in [4.69, 9.17) is 14.2 Å². The lowest BCUT2D eigenvalue weighted by atomic mass is 10.1. The van der Waals surface area contributed by atoms with E-state index in [1.165, 1.54) is 0 Å². The quantitative estimate of drug-likeness (QED) is 0.842. The first-order valence-corrected chi connectivity index (χ1v) is 6.57. The van der Waals surface area contributed by atoms with Crippen LogP contribution in [0.15, 0.2) is 30.6 Å². The molecule has 0 atom stereocenters. The van der Waals surface area contributed by atoms with Crippen molar-refractivity contribution in [3.63, 3.8) is 0 Å². The van der Waals surface area contributed by atoms with Gasteiger partial charge in [-0.2, -0.15) is 0 Å². The highest BCUT2D eigenvalue weighted by molar-refractivity contribution is 5.43. The Morgan fingerprint density at radius 2 is 1.67 bits per heavy atom. The molecule has 21 heavy (non-hydrogen) atoms. The predicted molar refractivity (Wildman–Crippen MR) is 80.3 cm³/mol. The van der Waals surface area contributed by atoms with Gasteiger partial charge < -0.3 is 19.5 Å². The van der Waals surface area contributed by atoms with E-state index in [2.05, 4.69) is 15.3 Å². The lowest BCUT2D eigenvalue weighted by Gasteiger charge is -2.10. The number of nitrogens with zero attached hydrogens (tertiary/aromatic N) is 2. The second-order valence-corrected chi connectivity index (χ2v) is 4.31. The molecule has 0 radical (unpaired) electrons. The summed E-state index contributed by atoms with van der Waals surface area (Å²) in [7, 11) is 4.84. The molecule has 1 aromatic heterocycles. The van der Waals surface area contributed by atoms with Gasteiger partial charge in [0.25, 0.3) is 0 Å². The Morgan fingerprint density at radius 3 is 2.29 bits per heavy atom. The van der Waals surface area contributed by atoms with Crippen LogP contribution < -0.4 is 19.5 Å². The van der Waals surface area contributed by atoms with Crippen LogP contribution in [0, 0.1) is 0 Å². The van der Waals surface area contributed by atoms with E-state index in [1.54, 1.807) is 33.7 Å². The fourth-order valence-corrected chi connectivity index (χ4v) is 1.87. The molecule has 0 saturated carbocycles. The summed E-state index contributed by atoms with van der Waals surface area (Å²) in [5.41, 5.74) is 1.15. The monoisotopic (exact) mass is 289 g/mol. The summed E-state index contributed by atoms with van der Waals surface area (Å²) >= 11 is 0. The number of nitrogens with one attached hydrogen (secondary N) is 1. The molecule has 0 spiro atoms. The van der Waals surface area contributed by atoms with Gasteiger partial charge in [0.1, 0.15) is 0 Å². The third-order valence-electron chi connectivity index (χ3n) is 3.01. The summed E-state index contributed by atoms with van der Waals surface area (Å²) in [6.07, 6.45) is 4.09. The Labute approximate surface area is 124 Å². The first kappa shape index (κ1) is 14.9. The van der Waals surface area contributed by atoms with Crippen LogP contribution in [0.3, 0.4) is 0 Å². The van der Waals surface area contributed by atoms with Gasteiger partial charge in [-0.1, -0.05) is 6.07 Å². The van der Waals surface area contributed by atoms with Crippen LogP contribution in [-0.4, -0.2) is 37.8 Å². The summed E-state index contributed by atoms with van der Waals surface area (Å²) in [6, 6.07) is 5.88. The van der Waals surface area contributed by atoms with Gasteiger partial charge in [0, 0.05) is 6.54 Å². The average molecular weight is 289 g/mol. The maximum atomic E-state index is 5.28. The molecule has 2 rings (SSSR count). The Hall–Kier alpha value is -2.50. The zero-order chi connectivity index (χ0) is 15.1. The molecule has 0 aliphatic carbocycles. The Morgan fingerprint density at radius 1 is 0.952 bits per heavy atom. The Kier molecular flexibility index (Phi) is 5.20. The van der Waals surface area contributed by atoms with Gasteiger partial charge in [-0.15, -0.1) is 0 Å².